The van der Waals surface area contributed by atoms with Crippen molar-refractivity contribution in [1.82, 2.24) is 9.21 Å². The average Bonchev–Trinajstić information content (AvgIpc) is 3.22. The number of sulfonamides is 1. The van der Waals surface area contributed by atoms with Crippen LogP contribution in [0, 0.1) is 10.1 Å². The molecule has 6 aromatic rings. The number of nitro groups is 1. The molecule has 55 heavy (non-hydrogen) atoms. The third-order valence-corrected chi connectivity index (χ3v) is 11.4. The Bertz CT molecular complexity index is 2190. The molecule has 10 heteroatoms. The molecule has 0 saturated carbocycles. The van der Waals surface area contributed by atoms with Crippen molar-refractivity contribution in [2.45, 2.75) is 49.5 Å². The summed E-state index contributed by atoms with van der Waals surface area (Å²) in [7, 11) is -4.73. The number of carbonyl (C=O) groups is 1. The lowest BCUT2D eigenvalue weighted by Crippen LogP contribution is -2.53. The molecule has 2 atom stereocenters. The third-order valence-electron chi connectivity index (χ3n) is 9.44. The molecule has 6 aromatic carbocycles. The summed E-state index contributed by atoms with van der Waals surface area (Å²) in [4.78, 5) is 27.8. The van der Waals surface area contributed by atoms with E-state index in [4.69, 9.17) is 4.74 Å². The zero-order valence-electron chi connectivity index (χ0n) is 30.3. The maximum atomic E-state index is 15.2. The first kappa shape index (κ1) is 38.8. The standard InChI is InChI=1S/C45H43N3O6S/c49-45(54-35-40-26-14-5-15-27-40)43(31-37-20-8-2-9-21-37)47(55(52,53)44-29-17-16-28-42(44)48(50)51)34-41(30-36-18-6-1-7-19-36)46(32-38-22-10-3-11-23-38)33-39-24-12-4-13-25-39/h1-29,41,43H,30-35H2/t41-,43-/m0/s1. The predicted octanol–water partition coefficient (Wildman–Crippen LogP) is 8.25. The number of benzene rings is 6. The van der Waals surface area contributed by atoms with Gasteiger partial charge in [0, 0.05) is 31.7 Å². The molecule has 0 spiro atoms. The minimum Gasteiger partial charge on any atom is -0.460 e. The second-order valence-corrected chi connectivity index (χ2v) is 15.2. The average molecular weight is 754 g/mol. The highest BCUT2D eigenvalue weighted by Crippen LogP contribution is 2.31. The van der Waals surface area contributed by atoms with Gasteiger partial charge in [0.25, 0.3) is 15.7 Å². The minimum atomic E-state index is -4.73. The van der Waals surface area contributed by atoms with Gasteiger partial charge in [-0.2, -0.15) is 4.31 Å². The van der Waals surface area contributed by atoms with Crippen LogP contribution in [0.2, 0.25) is 0 Å². The number of nitrogens with zero attached hydrogens (tertiary/aromatic N) is 3. The van der Waals surface area contributed by atoms with Gasteiger partial charge in [-0.15, -0.1) is 0 Å². The quantitative estimate of drug-likeness (QED) is 0.0494. The molecule has 0 radical (unpaired) electrons. The topological polar surface area (TPSA) is 110 Å². The van der Waals surface area contributed by atoms with Gasteiger partial charge in [0.05, 0.1) is 4.92 Å². The van der Waals surface area contributed by atoms with E-state index in [1.165, 1.54) is 24.3 Å². The van der Waals surface area contributed by atoms with Crippen LogP contribution in [-0.4, -0.2) is 47.1 Å². The summed E-state index contributed by atoms with van der Waals surface area (Å²) in [5.74, 6) is -0.758. The lowest BCUT2D eigenvalue weighted by Gasteiger charge is -2.38. The molecule has 0 bridgehead atoms. The fourth-order valence-corrected chi connectivity index (χ4v) is 8.44. The van der Waals surface area contributed by atoms with Crippen LogP contribution >= 0.6 is 0 Å². The SMILES string of the molecule is O=C(OCc1ccccc1)[C@H](Cc1ccccc1)N(C[C@H](Cc1ccccc1)N(Cc1ccccc1)Cc1ccccc1)S(=O)(=O)c1ccccc1[N+](=O)[O-]. The Balaban J connectivity index is 1.50. The molecular formula is C45H43N3O6S. The summed E-state index contributed by atoms with van der Waals surface area (Å²) in [5.41, 5.74) is 3.88. The van der Waals surface area contributed by atoms with Crippen molar-refractivity contribution in [3.05, 3.63) is 214 Å². The highest BCUT2D eigenvalue weighted by atomic mass is 32.2. The Kier molecular flexibility index (Phi) is 13.3. The largest absolute Gasteiger partial charge is 0.460 e. The van der Waals surface area contributed by atoms with Crippen LogP contribution in [0.25, 0.3) is 0 Å². The van der Waals surface area contributed by atoms with Gasteiger partial charge in [0.15, 0.2) is 4.90 Å². The number of hydrogen-bond acceptors (Lipinski definition) is 7. The third kappa shape index (κ3) is 10.6. The molecule has 0 aliphatic carbocycles. The minimum absolute atomic E-state index is 0.0241. The van der Waals surface area contributed by atoms with Crippen molar-refractivity contribution in [1.29, 1.82) is 0 Å². The summed E-state index contributed by atoms with van der Waals surface area (Å²) in [6.45, 7) is 0.676. The van der Waals surface area contributed by atoms with Gasteiger partial charge >= 0.3 is 5.97 Å². The first-order valence-corrected chi connectivity index (χ1v) is 19.6. The summed E-state index contributed by atoms with van der Waals surface area (Å²) in [6, 6.07) is 51.3. The number of hydrogen-bond donors (Lipinski definition) is 0. The molecule has 0 heterocycles. The molecule has 0 unspecified atom stereocenters. The zero-order chi connectivity index (χ0) is 38.5. The van der Waals surface area contributed by atoms with Crippen molar-refractivity contribution in [2.75, 3.05) is 6.54 Å². The van der Waals surface area contributed by atoms with E-state index in [1.807, 2.05) is 152 Å². The molecule has 0 saturated heterocycles. The summed E-state index contributed by atoms with van der Waals surface area (Å²) < 4.78 is 37.4. The van der Waals surface area contributed by atoms with Crippen molar-refractivity contribution >= 4 is 21.7 Å². The van der Waals surface area contributed by atoms with Crippen LogP contribution in [-0.2, 0) is 52.1 Å². The first-order chi connectivity index (χ1) is 26.8. The Morgan fingerprint density at radius 1 is 0.582 bits per heavy atom. The Labute approximate surface area is 322 Å². The monoisotopic (exact) mass is 753 g/mol. The van der Waals surface area contributed by atoms with Crippen LogP contribution < -0.4 is 0 Å². The number of nitro benzene ring substituents is 1. The highest BCUT2D eigenvalue weighted by Gasteiger charge is 2.42. The Morgan fingerprint density at radius 3 is 1.49 bits per heavy atom. The molecule has 6 rings (SSSR count). The van der Waals surface area contributed by atoms with E-state index in [-0.39, 0.29) is 19.6 Å². The lowest BCUT2D eigenvalue weighted by atomic mass is 10.0. The smallest absolute Gasteiger partial charge is 0.325 e. The Hall–Kier alpha value is -5.94. The van der Waals surface area contributed by atoms with Crippen LogP contribution in [0.15, 0.2) is 181 Å². The second-order valence-electron chi connectivity index (χ2n) is 13.3. The first-order valence-electron chi connectivity index (χ1n) is 18.1. The van der Waals surface area contributed by atoms with Crippen molar-refractivity contribution in [3.8, 4) is 0 Å². The van der Waals surface area contributed by atoms with E-state index in [2.05, 4.69) is 4.90 Å². The van der Waals surface area contributed by atoms with E-state index >= 15 is 8.42 Å². The predicted molar refractivity (Wildman–Crippen MR) is 213 cm³/mol. The van der Waals surface area contributed by atoms with Crippen LogP contribution in [0.4, 0.5) is 5.69 Å². The van der Waals surface area contributed by atoms with Gasteiger partial charge in [0.2, 0.25) is 0 Å². The molecule has 0 N–H and O–H groups in total. The number of ether oxygens (including phenoxy) is 1. The fraction of sp³-hybridized carbons (Fsp3) is 0.178. The normalized spacial score (nSPS) is 12.6. The van der Waals surface area contributed by atoms with Gasteiger partial charge < -0.3 is 4.74 Å². The maximum Gasteiger partial charge on any atom is 0.325 e. The van der Waals surface area contributed by atoms with E-state index in [0.717, 1.165) is 26.6 Å². The summed E-state index contributed by atoms with van der Waals surface area (Å²) in [5, 5.41) is 12.3. The Morgan fingerprint density at radius 2 is 1.00 bits per heavy atom. The van der Waals surface area contributed by atoms with Crippen LogP contribution in [0.1, 0.15) is 27.8 Å². The molecule has 0 aromatic heterocycles. The zero-order valence-corrected chi connectivity index (χ0v) is 31.2. The second kappa shape index (κ2) is 18.9. The molecule has 9 nitrogen and oxygen atoms in total. The van der Waals surface area contributed by atoms with Gasteiger partial charge in [-0.05, 0) is 46.7 Å². The van der Waals surface area contributed by atoms with E-state index in [1.54, 1.807) is 0 Å². The van der Waals surface area contributed by atoms with E-state index in [0.29, 0.717) is 25.1 Å². The van der Waals surface area contributed by atoms with Gasteiger partial charge in [0.1, 0.15) is 12.6 Å². The van der Waals surface area contributed by atoms with Gasteiger partial charge in [-0.25, -0.2) is 8.42 Å². The number of esters is 1. The van der Waals surface area contributed by atoms with Crippen molar-refractivity contribution in [2.24, 2.45) is 0 Å². The number of rotatable bonds is 18. The van der Waals surface area contributed by atoms with Crippen molar-refractivity contribution < 1.29 is 22.9 Å². The molecule has 0 amide bonds. The fourth-order valence-electron chi connectivity index (χ4n) is 6.66. The van der Waals surface area contributed by atoms with E-state index in [9.17, 15) is 14.9 Å². The summed E-state index contributed by atoms with van der Waals surface area (Å²) >= 11 is 0. The van der Waals surface area contributed by atoms with E-state index < -0.39 is 43.6 Å². The van der Waals surface area contributed by atoms with Crippen LogP contribution in [0.5, 0.6) is 0 Å². The molecule has 0 fully saturated rings. The summed E-state index contributed by atoms with van der Waals surface area (Å²) in [6.07, 6.45) is 0.393. The highest BCUT2D eigenvalue weighted by molar-refractivity contribution is 7.89. The maximum absolute atomic E-state index is 15.2. The van der Waals surface area contributed by atoms with Gasteiger partial charge in [-0.3, -0.25) is 19.8 Å². The van der Waals surface area contributed by atoms with Gasteiger partial charge in [-0.1, -0.05) is 164 Å². The molecule has 0 aliphatic heterocycles. The molecular weight excluding hydrogens is 711 g/mol. The van der Waals surface area contributed by atoms with Crippen LogP contribution in [0.3, 0.4) is 0 Å². The number of para-hydroxylation sites is 1. The number of carbonyl (C=O) groups excluding carboxylic acids is 1. The molecule has 280 valence electrons. The molecule has 0 aliphatic rings. The lowest BCUT2D eigenvalue weighted by molar-refractivity contribution is -0.387. The van der Waals surface area contributed by atoms with Crippen molar-refractivity contribution in [3.63, 3.8) is 0 Å².